The summed E-state index contributed by atoms with van der Waals surface area (Å²) in [7, 11) is -3.68. The molecule has 2 fully saturated rings. The maximum atomic E-state index is 12.9. The molecule has 6 nitrogen and oxygen atoms in total. The Morgan fingerprint density at radius 2 is 1.52 bits per heavy atom. The Labute approximate surface area is 178 Å². The third-order valence-corrected chi connectivity index (χ3v) is 7.14. The van der Waals surface area contributed by atoms with Gasteiger partial charge in [-0.3, -0.25) is 9.52 Å². The minimum atomic E-state index is -3.68. The molecule has 2 aromatic carbocycles. The summed E-state index contributed by atoms with van der Waals surface area (Å²) in [6.07, 6.45) is 2.05. The zero-order valence-corrected chi connectivity index (χ0v) is 17.7. The van der Waals surface area contributed by atoms with Crippen molar-refractivity contribution in [3.63, 3.8) is 0 Å². The molecule has 0 spiro atoms. The van der Waals surface area contributed by atoms with Crippen molar-refractivity contribution in [3.8, 4) is 0 Å². The molecule has 2 aliphatic rings. The number of anilines is 1. The number of carbonyl (C=O) groups is 1. The first-order valence-corrected chi connectivity index (χ1v) is 11.2. The van der Waals surface area contributed by atoms with Crippen molar-refractivity contribution in [2.45, 2.75) is 17.7 Å². The number of hydrogen-bond donors (Lipinski definition) is 2. The van der Waals surface area contributed by atoms with Crippen molar-refractivity contribution in [1.29, 1.82) is 0 Å². The standard InChI is InChI=1S/C21H25N3O3S.ClH/c25-21(24-12-10-17-14-22-15-18(17)11-13-24)16-6-8-20(9-7-16)28(26,27)23-19-4-2-1-3-5-19;/h1-9,17-18,22-23H,10-15H2;1H/t17-,18+;. The second-order valence-corrected chi connectivity index (χ2v) is 9.23. The Bertz CT molecular complexity index is 921. The predicted octanol–water partition coefficient (Wildman–Crippen LogP) is 2.98. The molecule has 0 saturated carbocycles. The molecule has 2 aromatic rings. The number of nitrogens with one attached hydrogen (secondary N) is 2. The predicted molar refractivity (Wildman–Crippen MR) is 116 cm³/mol. The first kappa shape index (κ1) is 21.6. The molecule has 2 atom stereocenters. The molecule has 4 rings (SSSR count). The zero-order chi connectivity index (χ0) is 19.6. The lowest BCUT2D eigenvalue weighted by atomic mass is 9.92. The molecule has 2 aliphatic heterocycles. The van der Waals surface area contributed by atoms with E-state index in [1.165, 1.54) is 12.1 Å². The summed E-state index contributed by atoms with van der Waals surface area (Å²) in [6, 6.07) is 15.0. The van der Waals surface area contributed by atoms with Gasteiger partial charge in [0.25, 0.3) is 15.9 Å². The van der Waals surface area contributed by atoms with Crippen LogP contribution in [0.1, 0.15) is 23.2 Å². The van der Waals surface area contributed by atoms with Gasteiger partial charge in [0, 0.05) is 24.3 Å². The average molecular weight is 436 g/mol. The van der Waals surface area contributed by atoms with Gasteiger partial charge in [-0.15, -0.1) is 12.4 Å². The van der Waals surface area contributed by atoms with Crippen molar-refractivity contribution in [2.75, 3.05) is 30.9 Å². The molecule has 156 valence electrons. The number of para-hydroxylation sites is 1. The molecule has 1 amide bonds. The van der Waals surface area contributed by atoms with Gasteiger partial charge in [0.2, 0.25) is 0 Å². The maximum Gasteiger partial charge on any atom is 0.261 e. The molecule has 2 heterocycles. The summed E-state index contributed by atoms with van der Waals surface area (Å²) in [4.78, 5) is 14.9. The quantitative estimate of drug-likeness (QED) is 0.773. The topological polar surface area (TPSA) is 78.5 Å². The third-order valence-electron chi connectivity index (χ3n) is 5.74. The number of fused-ring (bicyclic) bond motifs is 1. The molecule has 2 N–H and O–H groups in total. The Morgan fingerprint density at radius 1 is 0.931 bits per heavy atom. The van der Waals surface area contributed by atoms with Crippen LogP contribution in [-0.4, -0.2) is 45.4 Å². The van der Waals surface area contributed by atoms with E-state index in [9.17, 15) is 13.2 Å². The van der Waals surface area contributed by atoms with Crippen LogP contribution in [0.3, 0.4) is 0 Å². The normalized spacial score (nSPS) is 21.6. The largest absolute Gasteiger partial charge is 0.339 e. The summed E-state index contributed by atoms with van der Waals surface area (Å²) < 4.78 is 27.6. The molecule has 2 saturated heterocycles. The number of carbonyl (C=O) groups excluding carboxylic acids is 1. The number of likely N-dealkylation sites (tertiary alicyclic amines) is 1. The molecule has 8 heteroatoms. The van der Waals surface area contributed by atoms with Gasteiger partial charge in [-0.05, 0) is 74.2 Å². The summed E-state index contributed by atoms with van der Waals surface area (Å²) in [5.74, 6) is 1.30. The number of sulfonamides is 1. The number of hydrogen-bond acceptors (Lipinski definition) is 4. The Balaban J connectivity index is 0.00000240. The van der Waals surface area contributed by atoms with Gasteiger partial charge in [0.15, 0.2) is 0 Å². The monoisotopic (exact) mass is 435 g/mol. The highest BCUT2D eigenvalue weighted by atomic mass is 35.5. The highest BCUT2D eigenvalue weighted by molar-refractivity contribution is 7.92. The molecular weight excluding hydrogens is 410 g/mol. The lowest BCUT2D eigenvalue weighted by Gasteiger charge is -2.21. The van der Waals surface area contributed by atoms with Crippen LogP contribution in [0, 0.1) is 11.8 Å². The van der Waals surface area contributed by atoms with Crippen LogP contribution in [0.2, 0.25) is 0 Å². The molecule has 29 heavy (non-hydrogen) atoms. The van der Waals surface area contributed by atoms with E-state index in [1.54, 1.807) is 36.4 Å². The van der Waals surface area contributed by atoms with Gasteiger partial charge in [-0.2, -0.15) is 0 Å². The van der Waals surface area contributed by atoms with E-state index in [4.69, 9.17) is 0 Å². The van der Waals surface area contributed by atoms with E-state index in [-0.39, 0.29) is 23.2 Å². The number of amides is 1. The molecule has 0 bridgehead atoms. The Hall–Kier alpha value is -2.09. The summed E-state index contributed by atoms with van der Waals surface area (Å²) in [5.41, 5.74) is 1.04. The highest BCUT2D eigenvalue weighted by Gasteiger charge is 2.31. The van der Waals surface area contributed by atoms with E-state index in [0.717, 1.165) is 39.0 Å². The van der Waals surface area contributed by atoms with Crippen LogP contribution in [0.4, 0.5) is 5.69 Å². The minimum Gasteiger partial charge on any atom is -0.339 e. The van der Waals surface area contributed by atoms with Gasteiger partial charge in [-0.1, -0.05) is 18.2 Å². The van der Waals surface area contributed by atoms with E-state index in [1.807, 2.05) is 11.0 Å². The van der Waals surface area contributed by atoms with Gasteiger partial charge in [0.05, 0.1) is 4.90 Å². The fourth-order valence-electron chi connectivity index (χ4n) is 4.10. The maximum absolute atomic E-state index is 12.9. The Kier molecular flexibility index (Phi) is 6.82. The second-order valence-electron chi connectivity index (χ2n) is 7.54. The third kappa shape index (κ3) is 4.91. The van der Waals surface area contributed by atoms with Crippen molar-refractivity contribution < 1.29 is 13.2 Å². The van der Waals surface area contributed by atoms with Gasteiger partial charge in [0.1, 0.15) is 0 Å². The van der Waals surface area contributed by atoms with E-state index in [2.05, 4.69) is 10.0 Å². The SMILES string of the molecule is Cl.O=C(c1ccc(S(=O)(=O)Nc2ccccc2)cc1)N1CC[C@@H]2CNC[C@@H]2CC1. The first-order chi connectivity index (χ1) is 13.5. The molecule has 0 aromatic heterocycles. The van der Waals surface area contributed by atoms with Gasteiger partial charge >= 0.3 is 0 Å². The van der Waals surface area contributed by atoms with Gasteiger partial charge < -0.3 is 10.2 Å². The second kappa shape index (κ2) is 9.15. The smallest absolute Gasteiger partial charge is 0.261 e. The number of rotatable bonds is 4. The lowest BCUT2D eigenvalue weighted by Crippen LogP contribution is -2.32. The van der Waals surface area contributed by atoms with E-state index < -0.39 is 10.0 Å². The highest BCUT2D eigenvalue weighted by Crippen LogP contribution is 2.28. The van der Waals surface area contributed by atoms with Crippen molar-refractivity contribution >= 4 is 34.0 Å². The Morgan fingerprint density at radius 3 is 2.10 bits per heavy atom. The van der Waals surface area contributed by atoms with Crippen LogP contribution in [0.25, 0.3) is 0 Å². The fraction of sp³-hybridized carbons (Fsp3) is 0.381. The molecule has 0 radical (unpaired) electrons. The number of benzene rings is 2. The summed E-state index contributed by atoms with van der Waals surface area (Å²) >= 11 is 0. The molecule has 0 unspecified atom stereocenters. The van der Waals surface area contributed by atoms with Gasteiger partial charge in [-0.25, -0.2) is 8.42 Å². The van der Waals surface area contributed by atoms with Crippen molar-refractivity contribution in [3.05, 3.63) is 60.2 Å². The number of halogens is 1. The van der Waals surface area contributed by atoms with Crippen LogP contribution >= 0.6 is 12.4 Å². The van der Waals surface area contributed by atoms with E-state index >= 15 is 0 Å². The fourth-order valence-corrected chi connectivity index (χ4v) is 5.16. The minimum absolute atomic E-state index is 0. The zero-order valence-electron chi connectivity index (χ0n) is 16.1. The lowest BCUT2D eigenvalue weighted by molar-refractivity contribution is 0.0758. The van der Waals surface area contributed by atoms with E-state index in [0.29, 0.717) is 23.1 Å². The summed E-state index contributed by atoms with van der Waals surface area (Å²) in [6.45, 7) is 3.62. The first-order valence-electron chi connectivity index (χ1n) is 9.71. The summed E-state index contributed by atoms with van der Waals surface area (Å²) in [5, 5.41) is 3.44. The average Bonchev–Trinajstić information content (AvgIpc) is 3.06. The van der Waals surface area contributed by atoms with Crippen molar-refractivity contribution in [1.82, 2.24) is 10.2 Å². The number of nitrogens with zero attached hydrogens (tertiary/aromatic N) is 1. The van der Waals surface area contributed by atoms with Crippen LogP contribution < -0.4 is 10.0 Å². The van der Waals surface area contributed by atoms with Crippen LogP contribution in [-0.2, 0) is 10.0 Å². The molecular formula is C21H26ClN3O3S. The van der Waals surface area contributed by atoms with Crippen LogP contribution in [0.15, 0.2) is 59.5 Å². The molecule has 0 aliphatic carbocycles. The van der Waals surface area contributed by atoms with Crippen LogP contribution in [0.5, 0.6) is 0 Å². The van der Waals surface area contributed by atoms with Crippen molar-refractivity contribution in [2.24, 2.45) is 11.8 Å².